The van der Waals surface area contributed by atoms with E-state index in [9.17, 15) is 9.59 Å². The van der Waals surface area contributed by atoms with E-state index < -0.39 is 11.2 Å². The van der Waals surface area contributed by atoms with E-state index in [1.807, 2.05) is 78.9 Å². The third-order valence-corrected chi connectivity index (χ3v) is 13.8. The maximum atomic E-state index is 14.9. The van der Waals surface area contributed by atoms with E-state index in [1.165, 1.54) is 0 Å². The van der Waals surface area contributed by atoms with E-state index in [2.05, 4.69) is 98.5 Å². The van der Waals surface area contributed by atoms with Crippen molar-refractivity contribution in [2.24, 2.45) is 21.7 Å². The molecular formula is C54H59Cl2N7O2. The standard InChI is InChI=1S/C54H59Cl2N7O2/c1-51(2,3)30-28-46(62-50(65)48(39-34-44(55)36-45(56)35-39)58-53(62)31-26-40(27-32-53)52(4,5)6)37-22-24-38(25-23-37)49(64)57-33-29-47-59-61-63(60-47)54(41-16-10-7-11-17-41,42-18-12-8-13-19-42)43-20-14-9-15-21-43/h7-25,34-36,40,46H,26-33H2,1-6H3,(H,57,64). The Morgan fingerprint density at radius 3 is 1.82 bits per heavy atom. The zero-order chi connectivity index (χ0) is 46.0. The van der Waals surface area contributed by atoms with Gasteiger partial charge in [-0.25, -0.2) is 0 Å². The van der Waals surface area contributed by atoms with Crippen molar-refractivity contribution in [3.63, 3.8) is 0 Å². The Bertz CT molecular complexity index is 2510. The highest BCUT2D eigenvalue weighted by Crippen LogP contribution is 2.50. The van der Waals surface area contributed by atoms with E-state index in [0.717, 1.165) is 60.8 Å². The molecule has 336 valence electrons. The molecule has 8 rings (SSSR count). The van der Waals surface area contributed by atoms with Crippen molar-refractivity contribution < 1.29 is 9.59 Å². The first-order chi connectivity index (χ1) is 31.1. The zero-order valence-electron chi connectivity index (χ0n) is 38.3. The number of nitrogens with zero attached hydrogens (tertiary/aromatic N) is 6. The molecule has 5 aromatic carbocycles. The van der Waals surface area contributed by atoms with Gasteiger partial charge in [0.1, 0.15) is 11.4 Å². The number of halogens is 2. The van der Waals surface area contributed by atoms with Gasteiger partial charge >= 0.3 is 0 Å². The molecule has 2 heterocycles. The molecule has 2 amide bonds. The fraction of sp³-hybridized carbons (Fsp3) is 0.370. The molecule has 11 heteroatoms. The monoisotopic (exact) mass is 907 g/mol. The molecule has 1 aliphatic heterocycles. The molecule has 0 radical (unpaired) electrons. The van der Waals surface area contributed by atoms with Gasteiger partial charge in [0.15, 0.2) is 11.4 Å². The number of aliphatic imine (C=N–C) groups is 1. The summed E-state index contributed by atoms with van der Waals surface area (Å²) in [5.74, 6) is 0.708. The molecule has 1 unspecified atom stereocenters. The van der Waals surface area contributed by atoms with Crippen LogP contribution >= 0.6 is 23.2 Å². The Morgan fingerprint density at radius 2 is 1.31 bits per heavy atom. The van der Waals surface area contributed by atoms with Gasteiger partial charge in [-0.15, -0.1) is 15.0 Å². The molecule has 1 atom stereocenters. The SMILES string of the molecule is CC(C)(C)CCC(c1ccc(C(=O)NCCc2nnn(C(c3ccccc3)(c3ccccc3)c3ccccc3)n2)cc1)N1C(=O)C(c2cc(Cl)cc(Cl)c2)=NC12CCC(C(C)(C)C)CC2. The molecule has 1 fully saturated rings. The molecule has 2 aliphatic rings. The van der Waals surface area contributed by atoms with Gasteiger partial charge in [0, 0.05) is 34.1 Å². The van der Waals surface area contributed by atoms with Gasteiger partial charge in [-0.05, 0) is 113 Å². The molecule has 1 aromatic heterocycles. The zero-order valence-corrected chi connectivity index (χ0v) is 39.8. The Kier molecular flexibility index (Phi) is 13.2. The minimum Gasteiger partial charge on any atom is -0.352 e. The number of nitrogens with one attached hydrogen (secondary N) is 1. The summed E-state index contributed by atoms with van der Waals surface area (Å²) in [6, 6.07) is 43.3. The average molecular weight is 909 g/mol. The molecular weight excluding hydrogens is 850 g/mol. The number of tetrazole rings is 1. The number of benzene rings is 5. The van der Waals surface area contributed by atoms with Crippen LogP contribution in [0.4, 0.5) is 0 Å². The highest BCUT2D eigenvalue weighted by molar-refractivity contribution is 6.48. The van der Waals surface area contributed by atoms with E-state index in [1.54, 1.807) is 23.0 Å². The van der Waals surface area contributed by atoms with Gasteiger partial charge in [-0.2, -0.15) is 0 Å². The summed E-state index contributed by atoms with van der Waals surface area (Å²) in [5.41, 5.74) is 4.10. The van der Waals surface area contributed by atoms with Crippen molar-refractivity contribution >= 4 is 40.7 Å². The molecule has 0 bridgehead atoms. The Morgan fingerprint density at radius 1 is 0.769 bits per heavy atom. The van der Waals surface area contributed by atoms with Gasteiger partial charge in [0.25, 0.3) is 11.8 Å². The fourth-order valence-electron chi connectivity index (χ4n) is 9.85. The first kappa shape index (κ1) is 45.9. The summed E-state index contributed by atoms with van der Waals surface area (Å²) in [6.45, 7) is 13.9. The van der Waals surface area contributed by atoms with Gasteiger partial charge in [-0.3, -0.25) is 14.6 Å². The van der Waals surface area contributed by atoms with Gasteiger partial charge < -0.3 is 10.2 Å². The second-order valence-corrected chi connectivity index (χ2v) is 20.8. The molecule has 65 heavy (non-hydrogen) atoms. The third kappa shape index (κ3) is 9.68. The number of hydrogen-bond acceptors (Lipinski definition) is 6. The summed E-state index contributed by atoms with van der Waals surface area (Å²) < 4.78 is 0. The topological polar surface area (TPSA) is 105 Å². The summed E-state index contributed by atoms with van der Waals surface area (Å²) in [6.07, 6.45) is 5.44. The van der Waals surface area contributed by atoms with Crippen LogP contribution in [0.15, 0.2) is 138 Å². The van der Waals surface area contributed by atoms with Crippen molar-refractivity contribution in [1.82, 2.24) is 30.4 Å². The number of aromatic nitrogens is 4. The summed E-state index contributed by atoms with van der Waals surface area (Å²) in [7, 11) is 0. The summed E-state index contributed by atoms with van der Waals surface area (Å²) >= 11 is 13.0. The lowest BCUT2D eigenvalue weighted by atomic mass is 9.69. The minimum absolute atomic E-state index is 0.0222. The maximum Gasteiger partial charge on any atom is 0.275 e. The van der Waals surface area contributed by atoms with Gasteiger partial charge in [-0.1, -0.05) is 168 Å². The van der Waals surface area contributed by atoms with Crippen molar-refractivity contribution in [3.05, 3.63) is 183 Å². The second kappa shape index (κ2) is 18.7. The van der Waals surface area contributed by atoms with Crippen LogP contribution in [0.1, 0.15) is 130 Å². The number of carbonyl (C=O) groups is 2. The van der Waals surface area contributed by atoms with E-state index in [-0.39, 0.29) is 28.7 Å². The highest BCUT2D eigenvalue weighted by atomic mass is 35.5. The number of rotatable bonds is 13. The highest BCUT2D eigenvalue weighted by Gasteiger charge is 2.53. The van der Waals surface area contributed by atoms with Gasteiger partial charge in [0.2, 0.25) is 0 Å². The predicted octanol–water partition coefficient (Wildman–Crippen LogP) is 11.9. The van der Waals surface area contributed by atoms with E-state index in [4.69, 9.17) is 33.3 Å². The molecule has 1 spiro atoms. The number of hydrogen-bond donors (Lipinski definition) is 1. The third-order valence-electron chi connectivity index (χ3n) is 13.3. The van der Waals surface area contributed by atoms with E-state index >= 15 is 0 Å². The predicted molar refractivity (Wildman–Crippen MR) is 260 cm³/mol. The smallest absolute Gasteiger partial charge is 0.275 e. The molecule has 9 nitrogen and oxygen atoms in total. The summed E-state index contributed by atoms with van der Waals surface area (Å²) in [5, 5.41) is 18.1. The molecule has 1 N–H and O–H groups in total. The lowest BCUT2D eigenvalue weighted by Gasteiger charge is -2.47. The summed E-state index contributed by atoms with van der Waals surface area (Å²) in [4.78, 5) is 37.8. The quantitative estimate of drug-likeness (QED) is 0.116. The fourth-order valence-corrected chi connectivity index (χ4v) is 10.4. The Labute approximate surface area is 393 Å². The molecule has 0 saturated heterocycles. The van der Waals surface area contributed by atoms with Crippen LogP contribution in [0.3, 0.4) is 0 Å². The maximum absolute atomic E-state index is 14.9. The van der Waals surface area contributed by atoms with Crippen LogP contribution in [0.2, 0.25) is 10.0 Å². The largest absolute Gasteiger partial charge is 0.352 e. The van der Waals surface area contributed by atoms with Crippen molar-refractivity contribution in [1.29, 1.82) is 0 Å². The lowest BCUT2D eigenvalue weighted by molar-refractivity contribution is -0.134. The lowest BCUT2D eigenvalue weighted by Crippen LogP contribution is -2.51. The van der Waals surface area contributed by atoms with Crippen LogP contribution in [-0.4, -0.2) is 54.8 Å². The first-order valence-corrected chi connectivity index (χ1v) is 23.6. The molecule has 1 saturated carbocycles. The normalized spacial score (nSPS) is 18.5. The number of carbonyl (C=O) groups excluding carboxylic acids is 2. The van der Waals surface area contributed by atoms with Crippen LogP contribution in [-0.2, 0) is 16.8 Å². The van der Waals surface area contributed by atoms with Crippen LogP contribution < -0.4 is 5.32 Å². The van der Waals surface area contributed by atoms with Crippen LogP contribution in [0.5, 0.6) is 0 Å². The minimum atomic E-state index is -0.882. The van der Waals surface area contributed by atoms with Gasteiger partial charge in [0.05, 0.1) is 6.04 Å². The Balaban J connectivity index is 1.03. The molecule has 1 aliphatic carbocycles. The van der Waals surface area contributed by atoms with Crippen LogP contribution in [0, 0.1) is 16.7 Å². The van der Waals surface area contributed by atoms with E-state index in [0.29, 0.717) is 51.6 Å². The van der Waals surface area contributed by atoms with Crippen LogP contribution in [0.25, 0.3) is 0 Å². The average Bonchev–Trinajstić information content (AvgIpc) is 3.86. The first-order valence-electron chi connectivity index (χ1n) is 22.8. The van der Waals surface area contributed by atoms with Crippen molar-refractivity contribution in [2.75, 3.05) is 6.54 Å². The molecule has 6 aromatic rings. The Hall–Kier alpha value is -5.64. The second-order valence-electron chi connectivity index (χ2n) is 20.0. The van der Waals surface area contributed by atoms with Crippen molar-refractivity contribution in [2.45, 2.75) is 104 Å². The van der Waals surface area contributed by atoms with Crippen molar-refractivity contribution in [3.8, 4) is 0 Å². The number of amides is 2.